The van der Waals surface area contributed by atoms with Crippen molar-refractivity contribution >= 4 is 0 Å². The summed E-state index contributed by atoms with van der Waals surface area (Å²) in [5.74, 6) is 1.58. The monoisotopic (exact) mass is 191 g/mol. The number of fused-ring (bicyclic) bond motifs is 1. The first kappa shape index (κ1) is 9.53. The minimum absolute atomic E-state index is 0.449. The Kier molecular flexibility index (Phi) is 2.73. The highest BCUT2D eigenvalue weighted by molar-refractivity contribution is 5.37. The molecule has 0 saturated heterocycles. The van der Waals surface area contributed by atoms with Crippen LogP contribution in [0.2, 0.25) is 0 Å². The van der Waals surface area contributed by atoms with E-state index in [1.165, 1.54) is 5.56 Å². The van der Waals surface area contributed by atoms with Gasteiger partial charge in [-0.25, -0.2) is 0 Å². The van der Waals surface area contributed by atoms with E-state index in [4.69, 9.17) is 4.74 Å². The van der Waals surface area contributed by atoms with Gasteiger partial charge >= 0.3 is 0 Å². The van der Waals surface area contributed by atoms with Gasteiger partial charge in [-0.1, -0.05) is 32.0 Å². The lowest BCUT2D eigenvalue weighted by molar-refractivity contribution is 0.190. The summed E-state index contributed by atoms with van der Waals surface area (Å²) in [6.45, 7) is 6.19. The second-order valence-electron chi connectivity index (χ2n) is 3.86. The average Bonchev–Trinajstić information content (AvgIpc) is 2.23. The van der Waals surface area contributed by atoms with Crippen molar-refractivity contribution in [1.29, 1.82) is 0 Å². The molecular formula is C12H17NO. The van der Waals surface area contributed by atoms with Crippen molar-refractivity contribution in [3.63, 3.8) is 0 Å². The Labute approximate surface area is 85.3 Å². The highest BCUT2D eigenvalue weighted by Gasteiger charge is 2.26. The van der Waals surface area contributed by atoms with Crippen LogP contribution in [-0.4, -0.2) is 13.2 Å². The van der Waals surface area contributed by atoms with Crippen LogP contribution in [0.25, 0.3) is 0 Å². The van der Waals surface area contributed by atoms with Gasteiger partial charge in [0.05, 0.1) is 6.61 Å². The van der Waals surface area contributed by atoms with Crippen molar-refractivity contribution in [2.75, 3.05) is 13.2 Å². The quantitative estimate of drug-likeness (QED) is 0.775. The first-order valence-corrected chi connectivity index (χ1v) is 5.28. The van der Waals surface area contributed by atoms with Gasteiger partial charge in [0.1, 0.15) is 5.75 Å². The van der Waals surface area contributed by atoms with Crippen LogP contribution in [0.4, 0.5) is 0 Å². The summed E-state index contributed by atoms with van der Waals surface area (Å²) in [6.07, 6.45) is 0. The largest absolute Gasteiger partial charge is 0.493 e. The number of para-hydroxylation sites is 1. The molecule has 2 atom stereocenters. The Bertz CT molecular complexity index is 311. The smallest absolute Gasteiger partial charge is 0.124 e. The van der Waals surface area contributed by atoms with Crippen LogP contribution in [0.15, 0.2) is 24.3 Å². The lowest BCUT2D eigenvalue weighted by Gasteiger charge is -2.31. The summed E-state index contributed by atoms with van der Waals surface area (Å²) in [5, 5.41) is 3.51. The molecule has 2 heteroatoms. The SMILES string of the molecule is CCNC1c2ccccc2OCC1C. The highest BCUT2D eigenvalue weighted by Crippen LogP contribution is 2.34. The van der Waals surface area contributed by atoms with Gasteiger partial charge in [-0.3, -0.25) is 0 Å². The van der Waals surface area contributed by atoms with Crippen molar-refractivity contribution in [3.8, 4) is 5.75 Å². The predicted octanol–water partition coefficient (Wildman–Crippen LogP) is 2.37. The van der Waals surface area contributed by atoms with Gasteiger partial charge in [-0.2, -0.15) is 0 Å². The molecule has 0 aliphatic carbocycles. The van der Waals surface area contributed by atoms with E-state index < -0.39 is 0 Å². The summed E-state index contributed by atoms with van der Waals surface area (Å²) in [5.41, 5.74) is 1.30. The molecule has 2 unspecified atom stereocenters. The zero-order valence-electron chi connectivity index (χ0n) is 8.79. The molecule has 0 fully saturated rings. The van der Waals surface area contributed by atoms with Gasteiger partial charge in [-0.15, -0.1) is 0 Å². The molecule has 0 spiro atoms. The number of ether oxygens (including phenoxy) is 1. The van der Waals surface area contributed by atoms with Gasteiger partial charge in [0.25, 0.3) is 0 Å². The van der Waals surface area contributed by atoms with Crippen LogP contribution >= 0.6 is 0 Å². The van der Waals surface area contributed by atoms with E-state index in [0.717, 1.165) is 18.9 Å². The van der Waals surface area contributed by atoms with E-state index in [9.17, 15) is 0 Å². The second-order valence-corrected chi connectivity index (χ2v) is 3.86. The molecule has 1 aromatic carbocycles. The van der Waals surface area contributed by atoms with Crippen molar-refractivity contribution in [1.82, 2.24) is 5.32 Å². The maximum absolute atomic E-state index is 5.67. The van der Waals surface area contributed by atoms with Crippen molar-refractivity contribution < 1.29 is 4.74 Å². The number of hydrogen-bond acceptors (Lipinski definition) is 2. The van der Waals surface area contributed by atoms with Gasteiger partial charge in [-0.05, 0) is 12.6 Å². The summed E-state index contributed by atoms with van der Waals surface area (Å²) < 4.78 is 5.67. The normalized spacial score (nSPS) is 25.3. The summed E-state index contributed by atoms with van der Waals surface area (Å²) in [7, 11) is 0. The Morgan fingerprint density at radius 2 is 2.21 bits per heavy atom. The van der Waals surface area contributed by atoms with Crippen LogP contribution in [0, 0.1) is 5.92 Å². The summed E-state index contributed by atoms with van der Waals surface area (Å²) in [6, 6.07) is 8.75. The molecule has 2 nitrogen and oxygen atoms in total. The van der Waals surface area contributed by atoms with Gasteiger partial charge in [0.2, 0.25) is 0 Å². The molecular weight excluding hydrogens is 174 g/mol. The van der Waals surface area contributed by atoms with Crippen molar-refractivity contribution in [2.45, 2.75) is 19.9 Å². The highest BCUT2D eigenvalue weighted by atomic mass is 16.5. The van der Waals surface area contributed by atoms with Gasteiger partial charge in [0.15, 0.2) is 0 Å². The predicted molar refractivity (Wildman–Crippen MR) is 57.5 cm³/mol. The van der Waals surface area contributed by atoms with E-state index in [0.29, 0.717) is 12.0 Å². The lowest BCUT2D eigenvalue weighted by Crippen LogP contribution is -2.33. The van der Waals surface area contributed by atoms with Crippen LogP contribution in [0.3, 0.4) is 0 Å². The fourth-order valence-electron chi connectivity index (χ4n) is 2.02. The van der Waals surface area contributed by atoms with E-state index >= 15 is 0 Å². The number of benzene rings is 1. The third kappa shape index (κ3) is 1.62. The number of rotatable bonds is 2. The fraction of sp³-hybridized carbons (Fsp3) is 0.500. The van der Waals surface area contributed by atoms with Crippen molar-refractivity contribution in [2.24, 2.45) is 5.92 Å². The molecule has 1 heterocycles. The van der Waals surface area contributed by atoms with E-state index in [2.05, 4.69) is 31.3 Å². The first-order chi connectivity index (χ1) is 6.83. The van der Waals surface area contributed by atoms with E-state index in [-0.39, 0.29) is 0 Å². The zero-order valence-corrected chi connectivity index (χ0v) is 8.79. The van der Waals surface area contributed by atoms with Crippen molar-refractivity contribution in [3.05, 3.63) is 29.8 Å². The molecule has 0 bridgehead atoms. The average molecular weight is 191 g/mol. The molecule has 2 rings (SSSR count). The van der Waals surface area contributed by atoms with Gasteiger partial charge < -0.3 is 10.1 Å². The van der Waals surface area contributed by atoms with Gasteiger partial charge in [0, 0.05) is 17.5 Å². The van der Waals surface area contributed by atoms with Crippen LogP contribution in [-0.2, 0) is 0 Å². The molecule has 0 saturated carbocycles. The molecule has 1 aliphatic heterocycles. The molecule has 14 heavy (non-hydrogen) atoms. The molecule has 0 amide bonds. The zero-order chi connectivity index (χ0) is 9.97. The molecule has 1 aliphatic rings. The third-order valence-electron chi connectivity index (χ3n) is 2.75. The number of hydrogen-bond donors (Lipinski definition) is 1. The third-order valence-corrected chi connectivity index (χ3v) is 2.75. The number of nitrogens with one attached hydrogen (secondary N) is 1. The Hall–Kier alpha value is -1.02. The summed E-state index contributed by atoms with van der Waals surface area (Å²) in [4.78, 5) is 0. The molecule has 1 N–H and O–H groups in total. The Balaban J connectivity index is 2.31. The van der Waals surface area contributed by atoms with Crippen LogP contribution in [0.5, 0.6) is 5.75 Å². The van der Waals surface area contributed by atoms with Crippen LogP contribution < -0.4 is 10.1 Å². The summed E-state index contributed by atoms with van der Waals surface area (Å²) >= 11 is 0. The van der Waals surface area contributed by atoms with Crippen LogP contribution in [0.1, 0.15) is 25.5 Å². The second kappa shape index (κ2) is 4.01. The molecule has 0 aromatic heterocycles. The lowest BCUT2D eigenvalue weighted by atomic mass is 9.92. The maximum atomic E-state index is 5.67. The standard InChI is InChI=1S/C12H17NO/c1-3-13-12-9(2)8-14-11-7-5-4-6-10(11)12/h4-7,9,12-13H,3,8H2,1-2H3. The Morgan fingerprint density at radius 3 is 3.00 bits per heavy atom. The molecule has 1 aromatic rings. The topological polar surface area (TPSA) is 21.3 Å². The first-order valence-electron chi connectivity index (χ1n) is 5.28. The maximum Gasteiger partial charge on any atom is 0.124 e. The molecule has 76 valence electrons. The minimum atomic E-state index is 0.449. The van der Waals surface area contributed by atoms with E-state index in [1.54, 1.807) is 0 Å². The fourth-order valence-corrected chi connectivity index (χ4v) is 2.02. The Morgan fingerprint density at radius 1 is 1.43 bits per heavy atom. The van der Waals surface area contributed by atoms with E-state index in [1.807, 2.05) is 12.1 Å². The molecule has 0 radical (unpaired) electrons. The minimum Gasteiger partial charge on any atom is -0.493 e.